The van der Waals surface area contributed by atoms with Crippen LogP contribution in [0.5, 0.6) is 0 Å². The molecule has 25 heavy (non-hydrogen) atoms. The zero-order valence-corrected chi connectivity index (χ0v) is 13.9. The highest BCUT2D eigenvalue weighted by molar-refractivity contribution is 6.30. The lowest BCUT2D eigenvalue weighted by Crippen LogP contribution is -2.12. The zero-order valence-electron chi connectivity index (χ0n) is 13.2. The van der Waals surface area contributed by atoms with Crippen molar-refractivity contribution < 1.29 is 19.3 Å². The van der Waals surface area contributed by atoms with E-state index in [0.29, 0.717) is 16.3 Å². The van der Waals surface area contributed by atoms with E-state index in [2.05, 4.69) is 20.5 Å². The number of hydrogen-bond donors (Lipinski definition) is 1. The molecule has 1 amide bonds. The van der Waals surface area contributed by atoms with Crippen molar-refractivity contribution in [1.82, 2.24) is 0 Å². The summed E-state index contributed by atoms with van der Waals surface area (Å²) in [4.78, 5) is 32.6. The van der Waals surface area contributed by atoms with Gasteiger partial charge in [0.1, 0.15) is 0 Å². The van der Waals surface area contributed by atoms with Crippen LogP contribution in [0.15, 0.2) is 64.9 Å². The van der Waals surface area contributed by atoms with Gasteiger partial charge in [-0.15, -0.1) is 0 Å². The molecule has 0 atom stereocenters. The van der Waals surface area contributed by atoms with Crippen LogP contribution < -0.4 is 5.32 Å². The van der Waals surface area contributed by atoms with Gasteiger partial charge in [0, 0.05) is 10.7 Å². The standard InChI is InChI=1S/C17H14ClN3O4/c1-12(11-19-24-16(22)13-5-3-2-4-6-13)21-25-17(23)20-15-9-7-14(18)8-10-15/h2-11H,1H3,(H,20,23)/b19-11+,21-12-. The Kier molecular flexibility index (Phi) is 6.67. The number of benzene rings is 2. The summed E-state index contributed by atoms with van der Waals surface area (Å²) in [5.41, 5.74) is 1.10. The number of anilines is 1. The van der Waals surface area contributed by atoms with Crippen molar-refractivity contribution in [1.29, 1.82) is 0 Å². The van der Waals surface area contributed by atoms with Crippen molar-refractivity contribution in [3.05, 3.63) is 65.2 Å². The second kappa shape index (κ2) is 9.19. The number of oxime groups is 2. The van der Waals surface area contributed by atoms with Gasteiger partial charge in [0.25, 0.3) is 0 Å². The van der Waals surface area contributed by atoms with Gasteiger partial charge in [0.2, 0.25) is 0 Å². The lowest BCUT2D eigenvalue weighted by molar-refractivity contribution is 0.0519. The molecule has 0 aliphatic heterocycles. The Labute approximate surface area is 148 Å². The molecule has 0 aliphatic carbocycles. The number of rotatable bonds is 5. The van der Waals surface area contributed by atoms with Gasteiger partial charge < -0.3 is 4.84 Å². The van der Waals surface area contributed by atoms with Crippen LogP contribution in [0.4, 0.5) is 10.5 Å². The minimum atomic E-state index is -0.781. The molecule has 0 spiro atoms. The Bertz CT molecular complexity index is 789. The second-order valence-corrected chi connectivity index (χ2v) is 5.16. The van der Waals surface area contributed by atoms with Gasteiger partial charge in [0.05, 0.1) is 17.5 Å². The molecule has 0 saturated carbocycles. The van der Waals surface area contributed by atoms with Crippen LogP contribution in [0.3, 0.4) is 0 Å². The maximum Gasteiger partial charge on any atom is 0.437 e. The van der Waals surface area contributed by atoms with Gasteiger partial charge in [-0.3, -0.25) is 10.2 Å². The van der Waals surface area contributed by atoms with Gasteiger partial charge >= 0.3 is 12.1 Å². The maximum atomic E-state index is 11.6. The van der Waals surface area contributed by atoms with Crippen LogP contribution >= 0.6 is 11.6 Å². The minimum absolute atomic E-state index is 0.229. The molecule has 0 aliphatic rings. The predicted molar refractivity (Wildman–Crippen MR) is 95.0 cm³/mol. The molecule has 0 radical (unpaired) electrons. The van der Waals surface area contributed by atoms with Crippen molar-refractivity contribution in [2.45, 2.75) is 6.92 Å². The predicted octanol–water partition coefficient (Wildman–Crippen LogP) is 4.11. The van der Waals surface area contributed by atoms with Gasteiger partial charge in [-0.05, 0) is 43.3 Å². The van der Waals surface area contributed by atoms with Gasteiger partial charge in [-0.2, -0.15) is 0 Å². The number of nitrogens with zero attached hydrogens (tertiary/aromatic N) is 2. The summed E-state index contributed by atoms with van der Waals surface area (Å²) >= 11 is 5.74. The molecular formula is C17H14ClN3O4. The number of carbonyl (C=O) groups is 2. The quantitative estimate of drug-likeness (QED) is 0.494. The molecule has 2 aromatic rings. The Morgan fingerprint density at radius 2 is 1.72 bits per heavy atom. The number of hydrogen-bond acceptors (Lipinski definition) is 6. The summed E-state index contributed by atoms with van der Waals surface area (Å²) in [7, 11) is 0. The molecular weight excluding hydrogens is 346 g/mol. The van der Waals surface area contributed by atoms with Crippen LogP contribution in [0, 0.1) is 0 Å². The van der Waals surface area contributed by atoms with Gasteiger partial charge in [-0.1, -0.05) is 40.1 Å². The first-order chi connectivity index (χ1) is 12.0. The maximum absolute atomic E-state index is 11.6. The Morgan fingerprint density at radius 3 is 2.40 bits per heavy atom. The summed E-state index contributed by atoms with van der Waals surface area (Å²) in [5.74, 6) is -0.606. The second-order valence-electron chi connectivity index (χ2n) is 4.72. The molecule has 7 nitrogen and oxygen atoms in total. The Hall–Kier alpha value is -3.19. The van der Waals surface area contributed by atoms with Crippen molar-refractivity contribution in [3.63, 3.8) is 0 Å². The topological polar surface area (TPSA) is 89.3 Å². The molecule has 0 aromatic heterocycles. The normalized spacial score (nSPS) is 11.2. The summed E-state index contributed by atoms with van der Waals surface area (Å²) in [5, 5.41) is 10.0. The van der Waals surface area contributed by atoms with E-state index in [4.69, 9.17) is 16.4 Å². The summed E-state index contributed by atoms with van der Waals surface area (Å²) in [6.45, 7) is 1.52. The summed E-state index contributed by atoms with van der Waals surface area (Å²) < 4.78 is 0. The molecule has 0 bridgehead atoms. The highest BCUT2D eigenvalue weighted by Crippen LogP contribution is 2.13. The van der Waals surface area contributed by atoms with Crippen molar-refractivity contribution in [2.24, 2.45) is 10.3 Å². The average molecular weight is 360 g/mol. The summed E-state index contributed by atoms with van der Waals surface area (Å²) in [6, 6.07) is 14.9. The number of nitrogens with one attached hydrogen (secondary N) is 1. The lowest BCUT2D eigenvalue weighted by Gasteiger charge is -2.02. The van der Waals surface area contributed by atoms with E-state index < -0.39 is 12.1 Å². The van der Waals surface area contributed by atoms with E-state index >= 15 is 0 Å². The Balaban J connectivity index is 1.79. The molecule has 0 heterocycles. The van der Waals surface area contributed by atoms with E-state index in [0.717, 1.165) is 6.21 Å². The highest BCUT2D eigenvalue weighted by atomic mass is 35.5. The molecule has 2 aromatic carbocycles. The largest absolute Gasteiger partial charge is 0.437 e. The molecule has 0 fully saturated rings. The first kappa shape index (κ1) is 18.2. The lowest BCUT2D eigenvalue weighted by atomic mass is 10.2. The van der Waals surface area contributed by atoms with E-state index in [-0.39, 0.29) is 5.71 Å². The number of halogens is 1. The van der Waals surface area contributed by atoms with Crippen LogP contribution in [0.2, 0.25) is 5.02 Å². The first-order valence-corrected chi connectivity index (χ1v) is 7.50. The van der Waals surface area contributed by atoms with Gasteiger partial charge in [0.15, 0.2) is 0 Å². The Morgan fingerprint density at radius 1 is 1.04 bits per heavy atom. The van der Waals surface area contributed by atoms with E-state index in [1.54, 1.807) is 54.6 Å². The fraction of sp³-hybridized carbons (Fsp3) is 0.0588. The molecule has 8 heteroatoms. The van der Waals surface area contributed by atoms with Crippen LogP contribution in [-0.2, 0) is 9.68 Å². The third-order valence-corrected chi connectivity index (χ3v) is 3.00. The summed E-state index contributed by atoms with van der Waals surface area (Å²) in [6.07, 6.45) is 0.368. The number of amides is 1. The van der Waals surface area contributed by atoms with Gasteiger partial charge in [-0.25, -0.2) is 9.59 Å². The molecule has 0 saturated heterocycles. The van der Waals surface area contributed by atoms with E-state index in [1.807, 2.05) is 0 Å². The average Bonchev–Trinajstić information content (AvgIpc) is 2.62. The SMILES string of the molecule is CC(/C=N/OC(=O)c1ccccc1)=N/OC(=O)Nc1ccc(Cl)cc1. The van der Waals surface area contributed by atoms with Crippen molar-refractivity contribution in [3.8, 4) is 0 Å². The fourth-order valence-electron chi connectivity index (χ4n) is 1.59. The highest BCUT2D eigenvalue weighted by Gasteiger charge is 2.05. The minimum Gasteiger partial charge on any atom is -0.313 e. The first-order valence-electron chi connectivity index (χ1n) is 7.12. The smallest absolute Gasteiger partial charge is 0.313 e. The van der Waals surface area contributed by atoms with Crippen molar-refractivity contribution in [2.75, 3.05) is 5.32 Å². The molecule has 2 rings (SSSR count). The van der Waals surface area contributed by atoms with Crippen LogP contribution in [0.25, 0.3) is 0 Å². The molecule has 128 valence electrons. The van der Waals surface area contributed by atoms with E-state index in [9.17, 15) is 9.59 Å². The third kappa shape index (κ3) is 6.44. The zero-order chi connectivity index (χ0) is 18.1. The van der Waals surface area contributed by atoms with Crippen molar-refractivity contribution >= 4 is 41.3 Å². The third-order valence-electron chi connectivity index (χ3n) is 2.75. The fourth-order valence-corrected chi connectivity index (χ4v) is 1.71. The molecule has 1 N–H and O–H groups in total. The van der Waals surface area contributed by atoms with Crippen LogP contribution in [0.1, 0.15) is 17.3 Å². The van der Waals surface area contributed by atoms with E-state index in [1.165, 1.54) is 6.92 Å². The monoisotopic (exact) mass is 359 g/mol. The number of carbonyl (C=O) groups excluding carboxylic acids is 2. The molecule has 0 unspecified atom stereocenters. The van der Waals surface area contributed by atoms with Crippen LogP contribution in [-0.4, -0.2) is 24.0 Å².